The van der Waals surface area contributed by atoms with Gasteiger partial charge >= 0.3 is 0 Å². The lowest BCUT2D eigenvalue weighted by Crippen LogP contribution is -2.08. The lowest BCUT2D eigenvalue weighted by atomic mass is 9.94. The first-order valence-electron chi connectivity index (χ1n) is 9.49. The quantitative estimate of drug-likeness (QED) is 0.646. The van der Waals surface area contributed by atoms with Crippen LogP contribution in [0, 0.1) is 0 Å². The van der Waals surface area contributed by atoms with Crippen LogP contribution in [0.3, 0.4) is 0 Å². The summed E-state index contributed by atoms with van der Waals surface area (Å²) in [4.78, 5) is 4.04. The number of allylic oxidation sites excluding steroid dienone is 4. The molecule has 4 rings (SSSR count). The van der Waals surface area contributed by atoms with E-state index in [-0.39, 0.29) is 0 Å². The topological polar surface area (TPSA) is 78.6 Å². The first-order chi connectivity index (χ1) is 14.7. The minimum absolute atomic E-state index is 0.475. The Balaban J connectivity index is 1.85. The fraction of sp³-hybridized carbons (Fsp3) is 0.217. The van der Waals surface area contributed by atoms with Gasteiger partial charge in [0.1, 0.15) is 18.8 Å². The minimum Gasteiger partial charge on any atom is -0.493 e. The first-order valence-corrected chi connectivity index (χ1v) is 9.49. The molecule has 1 aromatic heterocycles. The van der Waals surface area contributed by atoms with Crippen LogP contribution in [-0.2, 0) is 0 Å². The van der Waals surface area contributed by atoms with Gasteiger partial charge in [0.05, 0.1) is 27.0 Å². The molecule has 1 atom stereocenters. The predicted molar refractivity (Wildman–Crippen MR) is 113 cm³/mol. The number of aliphatic hydroxyl groups is 1. The Morgan fingerprint density at radius 3 is 2.37 bits per heavy atom. The summed E-state index contributed by atoms with van der Waals surface area (Å²) in [6, 6.07) is 9.46. The van der Waals surface area contributed by atoms with E-state index in [1.165, 1.54) is 11.9 Å². The van der Waals surface area contributed by atoms with Gasteiger partial charge in [0, 0.05) is 5.56 Å². The molecule has 0 aliphatic heterocycles. The molecular weight excluding hydrogens is 382 g/mol. The Morgan fingerprint density at radius 1 is 1.03 bits per heavy atom. The third-order valence-corrected chi connectivity index (χ3v) is 5.13. The van der Waals surface area contributed by atoms with Gasteiger partial charge in [-0.25, -0.2) is 9.67 Å². The number of hydrogen-bond acceptors (Lipinski definition) is 6. The molecule has 1 unspecified atom stereocenters. The molecule has 1 heterocycles. The van der Waals surface area contributed by atoms with E-state index in [1.807, 2.05) is 24.3 Å². The monoisotopic (exact) mass is 405 g/mol. The molecule has 0 saturated heterocycles. The van der Waals surface area contributed by atoms with Crippen molar-refractivity contribution in [2.75, 3.05) is 21.3 Å². The van der Waals surface area contributed by atoms with E-state index in [0.717, 1.165) is 17.7 Å². The maximum Gasteiger partial charge on any atom is 0.203 e. The molecule has 1 aliphatic carbocycles. The van der Waals surface area contributed by atoms with Gasteiger partial charge in [0.15, 0.2) is 11.5 Å². The summed E-state index contributed by atoms with van der Waals surface area (Å²) in [5.74, 6) is 1.43. The summed E-state index contributed by atoms with van der Waals surface area (Å²) in [5.41, 5.74) is 4.29. The number of nitrogens with zero attached hydrogens (tertiary/aromatic N) is 3. The van der Waals surface area contributed by atoms with Crippen molar-refractivity contribution in [1.29, 1.82) is 0 Å². The Morgan fingerprint density at radius 2 is 1.80 bits per heavy atom. The van der Waals surface area contributed by atoms with Crippen molar-refractivity contribution in [3.05, 3.63) is 77.9 Å². The number of methoxy groups -OCH3 is 3. The maximum atomic E-state index is 11.4. The third kappa shape index (κ3) is 3.55. The largest absolute Gasteiger partial charge is 0.493 e. The molecule has 7 heteroatoms. The fourth-order valence-corrected chi connectivity index (χ4v) is 3.61. The smallest absolute Gasteiger partial charge is 0.203 e. The van der Waals surface area contributed by atoms with Gasteiger partial charge in [0.2, 0.25) is 5.75 Å². The van der Waals surface area contributed by atoms with Gasteiger partial charge in [-0.15, -0.1) is 0 Å². The van der Waals surface area contributed by atoms with E-state index in [4.69, 9.17) is 14.2 Å². The van der Waals surface area contributed by atoms with E-state index in [9.17, 15) is 5.11 Å². The summed E-state index contributed by atoms with van der Waals surface area (Å²) < 4.78 is 17.9. The fourth-order valence-electron chi connectivity index (χ4n) is 3.61. The third-order valence-electron chi connectivity index (χ3n) is 5.13. The van der Waals surface area contributed by atoms with Gasteiger partial charge in [-0.3, -0.25) is 0 Å². The molecule has 7 nitrogen and oxygen atoms in total. The van der Waals surface area contributed by atoms with Gasteiger partial charge in [-0.1, -0.05) is 24.3 Å². The first kappa shape index (κ1) is 19.7. The average molecular weight is 405 g/mol. The highest BCUT2D eigenvalue weighted by atomic mass is 16.5. The molecule has 2 aromatic carbocycles. The number of aromatic nitrogens is 3. The van der Waals surface area contributed by atoms with Gasteiger partial charge in [-0.05, 0) is 47.4 Å². The second-order valence-electron chi connectivity index (χ2n) is 6.80. The normalized spacial score (nSPS) is 13.8. The maximum absolute atomic E-state index is 11.4. The molecule has 0 radical (unpaired) electrons. The Labute approximate surface area is 174 Å². The van der Waals surface area contributed by atoms with Crippen molar-refractivity contribution >= 4 is 5.57 Å². The molecule has 0 bridgehead atoms. The number of aliphatic hydroxyl groups excluding tert-OH is 1. The van der Waals surface area contributed by atoms with Gasteiger partial charge < -0.3 is 19.3 Å². The molecule has 0 spiro atoms. The van der Waals surface area contributed by atoms with Crippen LogP contribution in [0.5, 0.6) is 17.2 Å². The molecule has 30 heavy (non-hydrogen) atoms. The van der Waals surface area contributed by atoms with Crippen molar-refractivity contribution < 1.29 is 19.3 Å². The molecule has 3 aromatic rings. The van der Waals surface area contributed by atoms with Crippen molar-refractivity contribution in [2.45, 2.75) is 12.5 Å². The highest BCUT2D eigenvalue weighted by molar-refractivity contribution is 5.72. The highest BCUT2D eigenvalue weighted by Crippen LogP contribution is 2.41. The van der Waals surface area contributed by atoms with Crippen LogP contribution < -0.4 is 14.2 Å². The second kappa shape index (κ2) is 8.42. The standard InChI is InChI=1S/C23H23N3O4/c1-28-20-11-17(12-21(29-2)23(20)30-3)22(27)18-10-16(15-6-4-5-7-15)8-9-19(18)26-14-24-13-25-26/h4-6,8-14,22,27H,7H2,1-3H3. The molecule has 0 fully saturated rings. The van der Waals surface area contributed by atoms with Crippen LogP contribution in [0.1, 0.15) is 29.2 Å². The molecule has 0 amide bonds. The van der Waals surface area contributed by atoms with Crippen molar-refractivity contribution in [3.8, 4) is 22.9 Å². The zero-order valence-corrected chi connectivity index (χ0v) is 17.1. The van der Waals surface area contributed by atoms with Crippen LogP contribution in [0.4, 0.5) is 0 Å². The van der Waals surface area contributed by atoms with E-state index < -0.39 is 6.10 Å². The van der Waals surface area contributed by atoms with Crippen molar-refractivity contribution in [1.82, 2.24) is 14.8 Å². The molecular formula is C23H23N3O4. The second-order valence-corrected chi connectivity index (χ2v) is 6.80. The molecule has 1 N–H and O–H groups in total. The Kier molecular flexibility index (Phi) is 5.54. The Bertz CT molecular complexity index is 1080. The van der Waals surface area contributed by atoms with E-state index in [0.29, 0.717) is 28.4 Å². The van der Waals surface area contributed by atoms with Crippen molar-refractivity contribution in [3.63, 3.8) is 0 Å². The van der Waals surface area contributed by atoms with E-state index in [2.05, 4.69) is 22.2 Å². The molecule has 154 valence electrons. The average Bonchev–Trinajstić information content (AvgIpc) is 3.51. The zero-order chi connectivity index (χ0) is 21.1. The number of ether oxygens (including phenoxy) is 3. The van der Waals surface area contributed by atoms with Crippen LogP contribution >= 0.6 is 0 Å². The van der Waals surface area contributed by atoms with Crippen molar-refractivity contribution in [2.24, 2.45) is 0 Å². The number of rotatable bonds is 7. The van der Waals surface area contributed by atoms with Crippen LogP contribution in [0.15, 0.2) is 61.2 Å². The number of hydrogen-bond donors (Lipinski definition) is 1. The lowest BCUT2D eigenvalue weighted by Gasteiger charge is -2.20. The molecule has 0 saturated carbocycles. The zero-order valence-electron chi connectivity index (χ0n) is 17.1. The summed E-state index contributed by atoms with van der Waals surface area (Å²) >= 11 is 0. The summed E-state index contributed by atoms with van der Waals surface area (Å²) in [6.45, 7) is 0. The summed E-state index contributed by atoms with van der Waals surface area (Å²) in [5, 5.41) is 15.6. The van der Waals surface area contributed by atoms with Crippen LogP contribution in [-0.4, -0.2) is 41.2 Å². The van der Waals surface area contributed by atoms with Crippen LogP contribution in [0.2, 0.25) is 0 Å². The predicted octanol–water partition coefficient (Wildman–Crippen LogP) is 3.72. The summed E-state index contributed by atoms with van der Waals surface area (Å²) in [7, 11) is 4.65. The minimum atomic E-state index is -0.951. The number of benzene rings is 2. The van der Waals surface area contributed by atoms with Gasteiger partial charge in [-0.2, -0.15) is 5.10 Å². The lowest BCUT2D eigenvalue weighted by molar-refractivity contribution is 0.218. The molecule has 1 aliphatic rings. The Hall–Kier alpha value is -3.58. The van der Waals surface area contributed by atoms with Crippen LogP contribution in [0.25, 0.3) is 11.3 Å². The SMILES string of the molecule is COc1cc(C(O)c2cc(C3=CC=CC3)ccc2-n2cncn2)cc(OC)c1OC. The highest BCUT2D eigenvalue weighted by Gasteiger charge is 2.22. The van der Waals surface area contributed by atoms with E-state index in [1.54, 1.807) is 44.5 Å². The summed E-state index contributed by atoms with van der Waals surface area (Å²) in [6.07, 6.45) is 9.21. The van der Waals surface area contributed by atoms with Gasteiger partial charge in [0.25, 0.3) is 0 Å². The van der Waals surface area contributed by atoms with E-state index >= 15 is 0 Å².